The molecule has 0 bridgehead atoms. The Morgan fingerprint density at radius 3 is 2.72 bits per heavy atom. The number of rotatable bonds is 3. The van der Waals surface area contributed by atoms with E-state index in [1.807, 2.05) is 0 Å². The van der Waals surface area contributed by atoms with Gasteiger partial charge in [0.2, 0.25) is 6.10 Å². The van der Waals surface area contributed by atoms with E-state index < -0.39 is 12.1 Å². The van der Waals surface area contributed by atoms with Crippen molar-refractivity contribution < 1.29 is 19.5 Å². The van der Waals surface area contributed by atoms with Crippen LogP contribution in [0.3, 0.4) is 0 Å². The van der Waals surface area contributed by atoms with Gasteiger partial charge in [-0.15, -0.1) is 0 Å². The first-order valence-corrected chi connectivity index (χ1v) is 6.10. The number of hydrogen-bond acceptors (Lipinski definition) is 5. The molecule has 1 saturated carbocycles. The minimum absolute atomic E-state index is 0.00310. The first-order valence-electron chi connectivity index (χ1n) is 6.10. The van der Waals surface area contributed by atoms with Crippen LogP contribution in [0.15, 0.2) is 5.16 Å². The van der Waals surface area contributed by atoms with Crippen LogP contribution >= 0.6 is 0 Å². The lowest BCUT2D eigenvalue weighted by molar-refractivity contribution is -0.132. The third-order valence-corrected chi connectivity index (χ3v) is 3.36. The minimum Gasteiger partial charge on any atom is -0.477 e. The fraction of sp³-hybridized carbons (Fsp3) is 0.727. The second kappa shape index (κ2) is 5.34. The van der Waals surface area contributed by atoms with E-state index in [1.54, 1.807) is 0 Å². The molecule has 1 aliphatic heterocycles. The van der Waals surface area contributed by atoms with Gasteiger partial charge in [0.05, 0.1) is 0 Å². The molecule has 2 rings (SSSR count). The average Bonchev–Trinajstić information content (AvgIpc) is 2.81. The van der Waals surface area contributed by atoms with Gasteiger partial charge in [-0.3, -0.25) is 4.79 Å². The van der Waals surface area contributed by atoms with E-state index in [9.17, 15) is 9.59 Å². The van der Waals surface area contributed by atoms with Gasteiger partial charge < -0.3 is 21.0 Å². The maximum Gasteiger partial charge on any atom is 0.353 e. The Labute approximate surface area is 104 Å². The van der Waals surface area contributed by atoms with Gasteiger partial charge in [0.25, 0.3) is 5.91 Å². The van der Waals surface area contributed by atoms with Crippen LogP contribution in [0, 0.1) is 0 Å². The molecule has 0 spiro atoms. The van der Waals surface area contributed by atoms with E-state index in [0.717, 1.165) is 25.7 Å². The normalized spacial score (nSPS) is 31.4. The van der Waals surface area contributed by atoms with Crippen LogP contribution in [0.1, 0.15) is 32.1 Å². The predicted molar refractivity (Wildman–Crippen MR) is 62.9 cm³/mol. The third kappa shape index (κ3) is 2.79. The van der Waals surface area contributed by atoms with Gasteiger partial charge in [0.15, 0.2) is 5.71 Å². The molecule has 1 heterocycles. The Morgan fingerprint density at radius 2 is 2.11 bits per heavy atom. The molecule has 7 nitrogen and oxygen atoms in total. The lowest BCUT2D eigenvalue weighted by Crippen LogP contribution is -2.51. The van der Waals surface area contributed by atoms with Gasteiger partial charge in [0, 0.05) is 18.5 Å². The number of hydrogen-bond donors (Lipinski definition) is 3. The van der Waals surface area contributed by atoms with Crippen molar-refractivity contribution in [3.8, 4) is 0 Å². The average molecular weight is 255 g/mol. The number of carbonyl (C=O) groups is 2. The molecular weight excluding hydrogens is 238 g/mol. The number of oxime groups is 1. The van der Waals surface area contributed by atoms with Crippen molar-refractivity contribution >= 4 is 17.6 Å². The Kier molecular flexibility index (Phi) is 3.81. The van der Waals surface area contributed by atoms with Crippen molar-refractivity contribution in [2.45, 2.75) is 50.3 Å². The largest absolute Gasteiger partial charge is 0.477 e. The maximum atomic E-state index is 11.9. The minimum atomic E-state index is -1.15. The van der Waals surface area contributed by atoms with Gasteiger partial charge in [0.1, 0.15) is 0 Å². The number of carbonyl (C=O) groups excluding carboxylic acids is 1. The number of nitrogens with one attached hydrogen (secondary N) is 1. The smallest absolute Gasteiger partial charge is 0.353 e. The zero-order chi connectivity index (χ0) is 13.1. The Morgan fingerprint density at radius 1 is 1.39 bits per heavy atom. The fourth-order valence-corrected chi connectivity index (χ4v) is 2.26. The molecule has 3 unspecified atom stereocenters. The first-order chi connectivity index (χ1) is 8.58. The molecule has 7 heteroatoms. The van der Waals surface area contributed by atoms with Gasteiger partial charge in [-0.05, 0) is 12.8 Å². The molecule has 1 amide bonds. The maximum absolute atomic E-state index is 11.9. The SMILES string of the molecule is NC1CCCCC1NC(=O)C1CC(C(=O)O)=NO1. The molecule has 0 radical (unpaired) electrons. The summed E-state index contributed by atoms with van der Waals surface area (Å²) >= 11 is 0. The third-order valence-electron chi connectivity index (χ3n) is 3.36. The molecule has 0 aromatic rings. The summed E-state index contributed by atoms with van der Waals surface area (Å²) < 4.78 is 0. The highest BCUT2D eigenvalue weighted by Crippen LogP contribution is 2.18. The number of nitrogens with two attached hydrogens (primary N) is 1. The summed E-state index contributed by atoms with van der Waals surface area (Å²) in [6.45, 7) is 0. The lowest BCUT2D eigenvalue weighted by atomic mass is 9.91. The molecule has 100 valence electrons. The summed E-state index contributed by atoms with van der Waals surface area (Å²) in [5.74, 6) is -1.49. The molecule has 3 atom stereocenters. The number of nitrogens with zero attached hydrogens (tertiary/aromatic N) is 1. The molecular formula is C11H17N3O4. The lowest BCUT2D eigenvalue weighted by Gasteiger charge is -2.29. The van der Waals surface area contributed by atoms with Crippen LogP contribution in [-0.4, -0.2) is 40.9 Å². The predicted octanol–water partition coefficient (Wildman–Crippen LogP) is -0.398. The van der Waals surface area contributed by atoms with Crippen molar-refractivity contribution in [1.29, 1.82) is 0 Å². The molecule has 18 heavy (non-hydrogen) atoms. The molecule has 0 saturated heterocycles. The van der Waals surface area contributed by atoms with Crippen LogP contribution in [0.5, 0.6) is 0 Å². The molecule has 1 aliphatic carbocycles. The quantitative estimate of drug-likeness (QED) is 0.635. The molecule has 0 aromatic carbocycles. The van der Waals surface area contributed by atoms with E-state index in [-0.39, 0.29) is 30.1 Å². The van der Waals surface area contributed by atoms with E-state index >= 15 is 0 Å². The molecule has 0 aromatic heterocycles. The van der Waals surface area contributed by atoms with E-state index in [4.69, 9.17) is 15.7 Å². The summed E-state index contributed by atoms with van der Waals surface area (Å²) in [6.07, 6.45) is 3.04. The summed E-state index contributed by atoms with van der Waals surface area (Å²) in [6, 6.07) is -0.0901. The van der Waals surface area contributed by atoms with Crippen LogP contribution in [-0.2, 0) is 14.4 Å². The van der Waals surface area contributed by atoms with Gasteiger partial charge in [-0.25, -0.2) is 4.79 Å². The van der Waals surface area contributed by atoms with Crippen LogP contribution in [0.2, 0.25) is 0 Å². The summed E-state index contributed by atoms with van der Waals surface area (Å²) in [7, 11) is 0. The van der Waals surface area contributed by atoms with Crippen molar-refractivity contribution in [2.75, 3.05) is 0 Å². The van der Waals surface area contributed by atoms with Gasteiger partial charge in [-0.1, -0.05) is 18.0 Å². The Bertz CT molecular complexity index is 382. The zero-order valence-corrected chi connectivity index (χ0v) is 9.96. The molecule has 1 fully saturated rings. The van der Waals surface area contributed by atoms with E-state index in [1.165, 1.54) is 0 Å². The van der Waals surface area contributed by atoms with Crippen molar-refractivity contribution in [2.24, 2.45) is 10.9 Å². The Balaban J connectivity index is 1.84. The van der Waals surface area contributed by atoms with E-state index in [0.29, 0.717) is 0 Å². The summed E-state index contributed by atoms with van der Waals surface area (Å²) in [5.41, 5.74) is 5.80. The number of amides is 1. The summed E-state index contributed by atoms with van der Waals surface area (Å²) in [5, 5.41) is 14.9. The summed E-state index contributed by atoms with van der Waals surface area (Å²) in [4.78, 5) is 27.3. The van der Waals surface area contributed by atoms with Crippen LogP contribution in [0.4, 0.5) is 0 Å². The standard InChI is InChI=1S/C11H17N3O4/c12-6-3-1-2-4-7(6)13-10(15)9-5-8(11(16)17)14-18-9/h6-7,9H,1-5,12H2,(H,13,15)(H,16,17). The topological polar surface area (TPSA) is 114 Å². The molecule has 4 N–H and O–H groups in total. The van der Waals surface area contributed by atoms with Gasteiger partial charge >= 0.3 is 5.97 Å². The Hall–Kier alpha value is -1.63. The highest BCUT2D eigenvalue weighted by molar-refractivity contribution is 6.36. The van der Waals surface area contributed by atoms with Crippen LogP contribution < -0.4 is 11.1 Å². The highest BCUT2D eigenvalue weighted by Gasteiger charge is 2.33. The van der Waals surface area contributed by atoms with Gasteiger partial charge in [-0.2, -0.15) is 0 Å². The monoisotopic (exact) mass is 255 g/mol. The number of carboxylic acid groups (broad SMARTS) is 1. The zero-order valence-electron chi connectivity index (χ0n) is 9.96. The first kappa shape index (κ1) is 12.8. The van der Waals surface area contributed by atoms with E-state index in [2.05, 4.69) is 10.5 Å². The molecule has 2 aliphatic rings. The second-order valence-electron chi connectivity index (χ2n) is 4.70. The fourth-order valence-electron chi connectivity index (χ4n) is 2.26. The van der Waals surface area contributed by atoms with Crippen molar-refractivity contribution in [3.05, 3.63) is 0 Å². The van der Waals surface area contributed by atoms with Crippen molar-refractivity contribution in [1.82, 2.24) is 5.32 Å². The van der Waals surface area contributed by atoms with Crippen LogP contribution in [0.25, 0.3) is 0 Å². The number of carboxylic acids is 1. The second-order valence-corrected chi connectivity index (χ2v) is 4.70. The van der Waals surface area contributed by atoms with Crippen molar-refractivity contribution in [3.63, 3.8) is 0 Å². The highest BCUT2D eigenvalue weighted by atomic mass is 16.6. The number of aliphatic carboxylic acids is 1.